The Balaban J connectivity index is 3.70. The molecule has 0 amide bonds. The van der Waals surface area contributed by atoms with Gasteiger partial charge in [-0.05, 0) is 62.7 Å². The van der Waals surface area contributed by atoms with Crippen molar-refractivity contribution >= 4 is 43.5 Å². The predicted octanol–water partition coefficient (Wildman–Crippen LogP) is 5.23. The van der Waals surface area contributed by atoms with Crippen LogP contribution in [0.2, 0.25) is 28.2 Å². The van der Waals surface area contributed by atoms with E-state index in [0.29, 0.717) is 15.6 Å². The first kappa shape index (κ1) is 26.9. The number of hydrogen-bond acceptors (Lipinski definition) is 5. The zero-order chi connectivity index (χ0) is 23.5. The minimum Gasteiger partial charge on any atom is -0.480 e. The standard InChI is InChI=1S/C21H33Cl2NO5Si/c1-19(2,3)28-18(27)21(13-24-12-17(25)26,29-30(7,8)20(4,5)6)14-9-15(22)11-16(23)10-14/h9-11,24H,12-13H2,1-8H3,(H,25,26)/t21-/m0/s1. The molecular weight excluding hydrogens is 445 g/mol. The maximum atomic E-state index is 13.6. The lowest BCUT2D eigenvalue weighted by Gasteiger charge is -2.45. The van der Waals surface area contributed by atoms with Crippen LogP contribution in [0.5, 0.6) is 0 Å². The van der Waals surface area contributed by atoms with E-state index < -0.39 is 31.5 Å². The Morgan fingerprint density at radius 1 is 1.03 bits per heavy atom. The van der Waals surface area contributed by atoms with Crippen molar-refractivity contribution in [3.63, 3.8) is 0 Å². The number of aliphatic carboxylic acids is 1. The SMILES string of the molecule is CC(C)(C)OC(=O)[C@@](CNCC(=O)O)(O[Si](C)(C)C(C)(C)C)c1cc(Cl)cc(Cl)c1. The number of rotatable bonds is 8. The van der Waals surface area contributed by atoms with Gasteiger partial charge >= 0.3 is 11.9 Å². The van der Waals surface area contributed by atoms with Crippen molar-refractivity contribution in [1.82, 2.24) is 5.32 Å². The van der Waals surface area contributed by atoms with E-state index in [1.54, 1.807) is 39.0 Å². The fourth-order valence-corrected chi connectivity index (χ4v) is 4.49. The maximum absolute atomic E-state index is 13.6. The number of carbonyl (C=O) groups excluding carboxylic acids is 1. The molecule has 0 aromatic heterocycles. The van der Waals surface area contributed by atoms with Gasteiger partial charge in [0.1, 0.15) is 5.60 Å². The number of carboxylic acid groups (broad SMARTS) is 1. The van der Waals surface area contributed by atoms with Crippen LogP contribution >= 0.6 is 23.2 Å². The Morgan fingerprint density at radius 3 is 1.93 bits per heavy atom. The lowest BCUT2D eigenvalue weighted by molar-refractivity contribution is -0.176. The first-order chi connectivity index (χ1) is 13.4. The second-order valence-corrected chi connectivity index (χ2v) is 15.4. The van der Waals surface area contributed by atoms with Gasteiger partial charge < -0.3 is 19.6 Å². The summed E-state index contributed by atoms with van der Waals surface area (Å²) in [5.74, 6) is -1.68. The topological polar surface area (TPSA) is 84.9 Å². The van der Waals surface area contributed by atoms with Gasteiger partial charge in [0.2, 0.25) is 0 Å². The molecule has 1 rings (SSSR count). The average Bonchev–Trinajstić information content (AvgIpc) is 2.49. The molecule has 6 nitrogen and oxygen atoms in total. The second kappa shape index (κ2) is 9.57. The molecule has 0 aliphatic heterocycles. The fourth-order valence-electron chi connectivity index (χ4n) is 2.51. The highest BCUT2D eigenvalue weighted by Gasteiger charge is 2.52. The minimum atomic E-state index is -2.55. The van der Waals surface area contributed by atoms with Gasteiger partial charge in [-0.25, -0.2) is 4.79 Å². The van der Waals surface area contributed by atoms with Crippen LogP contribution in [-0.4, -0.2) is 44.1 Å². The van der Waals surface area contributed by atoms with Gasteiger partial charge in [-0.2, -0.15) is 0 Å². The molecule has 30 heavy (non-hydrogen) atoms. The van der Waals surface area contributed by atoms with E-state index in [0.717, 1.165) is 0 Å². The van der Waals surface area contributed by atoms with Crippen LogP contribution < -0.4 is 5.32 Å². The van der Waals surface area contributed by atoms with Crippen molar-refractivity contribution in [2.75, 3.05) is 13.1 Å². The van der Waals surface area contributed by atoms with Crippen molar-refractivity contribution in [2.45, 2.75) is 70.9 Å². The molecule has 0 saturated heterocycles. The Kier molecular flexibility index (Phi) is 8.58. The number of carbonyl (C=O) groups is 2. The average molecular weight is 478 g/mol. The third kappa shape index (κ3) is 7.23. The molecule has 0 bridgehead atoms. The largest absolute Gasteiger partial charge is 0.480 e. The number of halogens is 2. The van der Waals surface area contributed by atoms with Gasteiger partial charge in [0.15, 0.2) is 13.9 Å². The van der Waals surface area contributed by atoms with Crippen LogP contribution in [0, 0.1) is 0 Å². The van der Waals surface area contributed by atoms with Crippen molar-refractivity contribution in [1.29, 1.82) is 0 Å². The Bertz CT molecular complexity index is 766. The number of hydrogen-bond donors (Lipinski definition) is 2. The van der Waals surface area contributed by atoms with Gasteiger partial charge in [-0.3, -0.25) is 4.79 Å². The maximum Gasteiger partial charge on any atom is 0.343 e. The summed E-state index contributed by atoms with van der Waals surface area (Å²) in [7, 11) is -2.55. The first-order valence-corrected chi connectivity index (χ1v) is 13.4. The number of ether oxygens (including phenoxy) is 1. The molecule has 1 atom stereocenters. The van der Waals surface area contributed by atoms with Crippen LogP contribution in [0.4, 0.5) is 0 Å². The van der Waals surface area contributed by atoms with Gasteiger partial charge in [0.25, 0.3) is 0 Å². The van der Waals surface area contributed by atoms with Crippen molar-refractivity contribution in [2.24, 2.45) is 0 Å². The van der Waals surface area contributed by atoms with E-state index in [2.05, 4.69) is 26.1 Å². The summed E-state index contributed by atoms with van der Waals surface area (Å²) in [5, 5.41) is 12.4. The van der Waals surface area contributed by atoms with E-state index in [1.165, 1.54) is 0 Å². The zero-order valence-corrected chi connectivity index (χ0v) is 21.5. The van der Waals surface area contributed by atoms with E-state index >= 15 is 0 Å². The van der Waals surface area contributed by atoms with E-state index in [9.17, 15) is 9.59 Å². The lowest BCUT2D eigenvalue weighted by Crippen LogP contribution is -2.57. The predicted molar refractivity (Wildman–Crippen MR) is 123 cm³/mol. The molecule has 0 heterocycles. The normalized spacial score (nSPS) is 14.9. The summed E-state index contributed by atoms with van der Waals surface area (Å²) in [6.07, 6.45) is 0. The summed E-state index contributed by atoms with van der Waals surface area (Å²) in [5.41, 5.74) is -1.99. The quantitative estimate of drug-likeness (QED) is 0.393. The monoisotopic (exact) mass is 477 g/mol. The number of nitrogens with one attached hydrogen (secondary N) is 1. The molecule has 2 N–H and O–H groups in total. The smallest absolute Gasteiger partial charge is 0.343 e. The molecule has 0 fully saturated rings. The molecule has 0 aliphatic rings. The van der Waals surface area contributed by atoms with Crippen LogP contribution in [-0.2, 0) is 24.4 Å². The summed E-state index contributed by atoms with van der Waals surface area (Å²) in [6, 6.07) is 4.77. The van der Waals surface area contributed by atoms with Gasteiger partial charge in [-0.15, -0.1) is 0 Å². The summed E-state index contributed by atoms with van der Waals surface area (Å²) < 4.78 is 12.4. The van der Waals surface area contributed by atoms with Gasteiger partial charge in [0, 0.05) is 16.6 Å². The molecule has 0 saturated carbocycles. The Labute approximate surface area is 190 Å². The molecule has 0 radical (unpaired) electrons. The van der Waals surface area contributed by atoms with Crippen molar-refractivity contribution in [3.05, 3.63) is 33.8 Å². The third-order valence-corrected chi connectivity index (χ3v) is 9.85. The summed E-state index contributed by atoms with van der Waals surface area (Å²) in [6.45, 7) is 15.0. The Morgan fingerprint density at radius 2 is 1.53 bits per heavy atom. The molecule has 170 valence electrons. The van der Waals surface area contributed by atoms with Crippen molar-refractivity contribution in [3.8, 4) is 0 Å². The number of benzene rings is 1. The van der Waals surface area contributed by atoms with Crippen LogP contribution in [0.1, 0.15) is 47.1 Å². The van der Waals surface area contributed by atoms with Gasteiger partial charge in [0.05, 0.1) is 6.54 Å². The van der Waals surface area contributed by atoms with Crippen molar-refractivity contribution < 1.29 is 23.9 Å². The number of carboxylic acids is 1. The molecule has 1 aromatic rings. The lowest BCUT2D eigenvalue weighted by atomic mass is 9.93. The van der Waals surface area contributed by atoms with E-state index in [-0.39, 0.29) is 18.1 Å². The fraction of sp³-hybridized carbons (Fsp3) is 0.619. The molecule has 0 spiro atoms. The third-order valence-electron chi connectivity index (χ3n) is 4.94. The molecular formula is C21H33Cl2NO5Si. The molecule has 1 aromatic carbocycles. The molecule has 0 unspecified atom stereocenters. The highest BCUT2D eigenvalue weighted by molar-refractivity contribution is 6.74. The van der Waals surface area contributed by atoms with Crippen LogP contribution in [0.25, 0.3) is 0 Å². The highest BCUT2D eigenvalue weighted by atomic mass is 35.5. The van der Waals surface area contributed by atoms with E-state index in [1.807, 2.05) is 13.1 Å². The molecule has 9 heteroatoms. The van der Waals surface area contributed by atoms with Crippen LogP contribution in [0.3, 0.4) is 0 Å². The summed E-state index contributed by atoms with van der Waals surface area (Å²) >= 11 is 12.5. The van der Waals surface area contributed by atoms with Gasteiger partial charge in [-0.1, -0.05) is 44.0 Å². The van der Waals surface area contributed by atoms with E-state index in [4.69, 9.17) is 37.5 Å². The minimum absolute atomic E-state index is 0.114. The molecule has 0 aliphatic carbocycles. The second-order valence-electron chi connectivity index (χ2n) is 9.85. The number of esters is 1. The first-order valence-electron chi connectivity index (χ1n) is 9.72. The highest BCUT2D eigenvalue weighted by Crippen LogP contribution is 2.43. The van der Waals surface area contributed by atoms with Crippen LogP contribution in [0.15, 0.2) is 18.2 Å². The zero-order valence-electron chi connectivity index (χ0n) is 19.0. The Hall–Kier alpha value is -1.12. The summed E-state index contributed by atoms with van der Waals surface area (Å²) in [4.78, 5) is 24.7.